The Hall–Kier alpha value is -2.33. The van der Waals surface area contributed by atoms with E-state index in [1.165, 1.54) is 12.1 Å². The van der Waals surface area contributed by atoms with Gasteiger partial charge in [0.05, 0.1) is 0 Å². The maximum Gasteiger partial charge on any atom is 0.137 e. The molecule has 0 amide bonds. The topological polar surface area (TPSA) is 34.1 Å². The lowest BCUT2D eigenvalue weighted by molar-refractivity contribution is -0.117. The monoisotopic (exact) mass is 368 g/mol. The second-order valence-corrected chi connectivity index (χ2v) is 7.82. The van der Waals surface area contributed by atoms with Crippen molar-refractivity contribution in [2.45, 2.75) is 31.6 Å². The zero-order valence-corrected chi connectivity index (χ0v) is 16.0. The molecule has 2 aromatic carbocycles. The lowest BCUT2D eigenvalue weighted by Crippen LogP contribution is -1.97. The smallest absolute Gasteiger partial charge is 0.137 e. The second-order valence-electron chi connectivity index (χ2n) is 6.44. The van der Waals surface area contributed by atoms with Gasteiger partial charge in [-0.2, -0.15) is 0 Å². The molecule has 1 atom stereocenters. The number of rotatable bonds is 5. The van der Waals surface area contributed by atoms with Gasteiger partial charge in [-0.15, -0.1) is 0 Å². The zero-order chi connectivity index (χ0) is 18.8. The van der Waals surface area contributed by atoms with Gasteiger partial charge in [0.15, 0.2) is 0 Å². The number of hydrogen-bond acceptors (Lipinski definition) is 2. The average molecular weight is 368 g/mol. The number of hydrogen-bond donors (Lipinski definition) is 0. The highest BCUT2D eigenvalue weighted by molar-refractivity contribution is 7.84. The third-order valence-electron chi connectivity index (χ3n) is 4.74. The van der Waals surface area contributed by atoms with Crippen LogP contribution in [0, 0.1) is 5.82 Å². The molecule has 1 unspecified atom stereocenters. The number of benzene rings is 2. The van der Waals surface area contributed by atoms with Crippen LogP contribution in [0.5, 0.6) is 0 Å². The van der Waals surface area contributed by atoms with E-state index < -0.39 is 10.8 Å². The summed E-state index contributed by atoms with van der Waals surface area (Å²) in [5.41, 5.74) is 5.66. The molecule has 0 heterocycles. The molecule has 2 aromatic rings. The van der Waals surface area contributed by atoms with E-state index in [4.69, 9.17) is 0 Å². The predicted molar refractivity (Wildman–Crippen MR) is 106 cm³/mol. The number of carbonyl (C=O) groups excluding carboxylic acids is 1. The van der Waals surface area contributed by atoms with Gasteiger partial charge in [-0.25, -0.2) is 4.39 Å². The molecule has 134 valence electrons. The van der Waals surface area contributed by atoms with E-state index in [-0.39, 0.29) is 11.6 Å². The third kappa shape index (κ3) is 3.61. The van der Waals surface area contributed by atoms with E-state index in [0.717, 1.165) is 38.3 Å². The molecule has 0 N–H and O–H groups in total. The largest absolute Gasteiger partial charge is 0.299 e. The van der Waals surface area contributed by atoms with E-state index in [2.05, 4.69) is 0 Å². The summed E-state index contributed by atoms with van der Waals surface area (Å²) >= 11 is 0. The highest BCUT2D eigenvalue weighted by atomic mass is 32.2. The van der Waals surface area contributed by atoms with Crippen molar-refractivity contribution in [3.8, 4) is 0 Å². The highest BCUT2D eigenvalue weighted by Crippen LogP contribution is 2.44. The minimum atomic E-state index is -1.01. The highest BCUT2D eigenvalue weighted by Gasteiger charge is 2.25. The van der Waals surface area contributed by atoms with Crippen LogP contribution >= 0.6 is 0 Å². The van der Waals surface area contributed by atoms with Gasteiger partial charge in [-0.3, -0.25) is 9.00 Å². The minimum Gasteiger partial charge on any atom is -0.299 e. The van der Waals surface area contributed by atoms with Gasteiger partial charge >= 0.3 is 0 Å². The van der Waals surface area contributed by atoms with Crippen LogP contribution in [0.15, 0.2) is 52.9 Å². The van der Waals surface area contributed by atoms with Crippen LogP contribution in [-0.2, 0) is 15.6 Å². The molecule has 0 fully saturated rings. The molecule has 0 radical (unpaired) electrons. The standard InChI is InChI=1S/C22H21FO2S/c1-4-17(24)13-21-14(2)20(19-10-7-16(23)12-22(19)21)11-15-5-8-18(9-6-15)26(3)25/h5-12H,4,13H2,1-3H3/b20-11+. The summed E-state index contributed by atoms with van der Waals surface area (Å²) in [6, 6.07) is 12.3. The summed E-state index contributed by atoms with van der Waals surface area (Å²) in [6.45, 7) is 3.83. The lowest BCUT2D eigenvalue weighted by Gasteiger charge is -2.05. The quantitative estimate of drug-likeness (QED) is 0.721. The SMILES string of the molecule is CCC(=O)CC1=C(C)/C(=C\c2ccc(S(C)=O)cc2)c2ccc(F)cc21. The lowest BCUT2D eigenvalue weighted by atomic mass is 9.99. The number of halogens is 1. The van der Waals surface area contributed by atoms with Crippen LogP contribution in [0.25, 0.3) is 17.2 Å². The van der Waals surface area contributed by atoms with Crippen molar-refractivity contribution in [1.29, 1.82) is 0 Å². The number of Topliss-reactive ketones (excluding diaryl/α,β-unsaturated/α-hetero) is 1. The zero-order valence-electron chi connectivity index (χ0n) is 15.1. The van der Waals surface area contributed by atoms with Crippen molar-refractivity contribution >= 4 is 33.8 Å². The molecular formula is C22H21FO2S. The van der Waals surface area contributed by atoms with E-state index in [1.54, 1.807) is 12.3 Å². The first-order valence-corrected chi connectivity index (χ1v) is 10.1. The van der Waals surface area contributed by atoms with Gasteiger partial charge < -0.3 is 0 Å². The van der Waals surface area contributed by atoms with Gasteiger partial charge in [-0.1, -0.05) is 25.1 Å². The number of carbonyl (C=O) groups is 1. The van der Waals surface area contributed by atoms with Gasteiger partial charge in [0, 0.05) is 34.8 Å². The molecule has 1 aliphatic carbocycles. The van der Waals surface area contributed by atoms with Crippen molar-refractivity contribution in [1.82, 2.24) is 0 Å². The normalized spacial score (nSPS) is 16.1. The summed E-state index contributed by atoms with van der Waals surface area (Å²) in [5.74, 6) is -0.153. The van der Waals surface area contributed by atoms with Crippen LogP contribution in [-0.4, -0.2) is 16.2 Å². The first kappa shape index (κ1) is 18.5. The fourth-order valence-electron chi connectivity index (χ4n) is 3.23. The van der Waals surface area contributed by atoms with Gasteiger partial charge in [0.25, 0.3) is 0 Å². The summed E-state index contributed by atoms with van der Waals surface area (Å²) in [6.07, 6.45) is 4.48. The number of allylic oxidation sites excluding steroid dienone is 3. The van der Waals surface area contributed by atoms with Crippen molar-refractivity contribution < 1.29 is 13.4 Å². The molecule has 0 bridgehead atoms. The molecule has 0 aromatic heterocycles. The van der Waals surface area contributed by atoms with Gasteiger partial charge in [0.2, 0.25) is 0 Å². The fraction of sp³-hybridized carbons (Fsp3) is 0.227. The molecule has 0 saturated heterocycles. The Morgan fingerprint density at radius 3 is 2.42 bits per heavy atom. The Kier molecular flexibility index (Phi) is 5.33. The fourth-order valence-corrected chi connectivity index (χ4v) is 3.75. The maximum absolute atomic E-state index is 13.8. The molecule has 0 spiro atoms. The average Bonchev–Trinajstić information content (AvgIpc) is 2.87. The van der Waals surface area contributed by atoms with Gasteiger partial charge in [-0.05, 0) is 70.7 Å². The minimum absolute atomic E-state index is 0.144. The molecule has 3 rings (SSSR count). The summed E-state index contributed by atoms with van der Waals surface area (Å²) < 4.78 is 25.3. The Morgan fingerprint density at radius 1 is 1.12 bits per heavy atom. The van der Waals surface area contributed by atoms with Crippen molar-refractivity contribution in [3.05, 3.63) is 70.5 Å². The van der Waals surface area contributed by atoms with E-state index in [0.29, 0.717) is 12.8 Å². The summed E-state index contributed by atoms with van der Waals surface area (Å²) in [4.78, 5) is 12.8. The maximum atomic E-state index is 13.8. The number of fused-ring (bicyclic) bond motifs is 1. The molecule has 0 aliphatic heterocycles. The number of ketones is 1. The van der Waals surface area contributed by atoms with Crippen molar-refractivity contribution in [2.24, 2.45) is 0 Å². The third-order valence-corrected chi connectivity index (χ3v) is 5.68. The van der Waals surface area contributed by atoms with Crippen molar-refractivity contribution in [3.63, 3.8) is 0 Å². The van der Waals surface area contributed by atoms with Crippen molar-refractivity contribution in [2.75, 3.05) is 6.26 Å². The predicted octanol–water partition coefficient (Wildman–Crippen LogP) is 5.26. The van der Waals surface area contributed by atoms with Crippen LogP contribution < -0.4 is 0 Å². The van der Waals surface area contributed by atoms with E-state index in [1.807, 2.05) is 44.2 Å². The Bertz CT molecular complexity index is 953. The van der Waals surface area contributed by atoms with Crippen LogP contribution in [0.4, 0.5) is 4.39 Å². The van der Waals surface area contributed by atoms with Crippen LogP contribution in [0.2, 0.25) is 0 Å². The summed E-state index contributed by atoms with van der Waals surface area (Å²) in [5, 5.41) is 0. The van der Waals surface area contributed by atoms with Crippen LogP contribution in [0.1, 0.15) is 43.4 Å². The first-order chi connectivity index (χ1) is 12.4. The molecule has 4 heteroatoms. The van der Waals surface area contributed by atoms with E-state index >= 15 is 0 Å². The summed E-state index contributed by atoms with van der Waals surface area (Å²) in [7, 11) is -1.01. The Labute approximate surface area is 155 Å². The Balaban J connectivity index is 2.08. The van der Waals surface area contributed by atoms with Gasteiger partial charge in [0.1, 0.15) is 11.6 Å². The molecular weight excluding hydrogens is 347 g/mol. The molecule has 2 nitrogen and oxygen atoms in total. The van der Waals surface area contributed by atoms with Crippen LogP contribution in [0.3, 0.4) is 0 Å². The molecule has 0 saturated carbocycles. The Morgan fingerprint density at radius 2 is 1.81 bits per heavy atom. The first-order valence-electron chi connectivity index (χ1n) is 8.58. The van der Waals surface area contributed by atoms with E-state index in [9.17, 15) is 13.4 Å². The molecule has 1 aliphatic rings. The second kappa shape index (κ2) is 7.50. The molecule has 26 heavy (non-hydrogen) atoms.